The molecule has 1 fully saturated rings. The molecule has 1 saturated carbocycles. The molecule has 0 aromatic heterocycles. The Bertz CT molecular complexity index is 363. The van der Waals surface area contributed by atoms with E-state index in [2.05, 4.69) is 0 Å². The molecule has 0 bridgehead atoms. The maximum atomic E-state index is 9.41. The standard InChI is InChI=1S/C15H23NOS/c16-13(9-12-5-4-6-14(17)10-12)11-18-15-7-2-1-3-8-15/h4-6,10,13,15,17H,1-3,7-9,11,16H2. The molecule has 1 aliphatic rings. The first-order valence-electron chi connectivity index (χ1n) is 6.89. The number of hydrogen-bond donors (Lipinski definition) is 2. The van der Waals surface area contributed by atoms with Gasteiger partial charge in [0, 0.05) is 17.0 Å². The van der Waals surface area contributed by atoms with Crippen LogP contribution in [-0.2, 0) is 6.42 Å². The average molecular weight is 265 g/mol. The van der Waals surface area contributed by atoms with Crippen molar-refractivity contribution in [3.63, 3.8) is 0 Å². The van der Waals surface area contributed by atoms with Gasteiger partial charge in [0.05, 0.1) is 0 Å². The van der Waals surface area contributed by atoms with Crippen LogP contribution in [0.4, 0.5) is 0 Å². The predicted molar refractivity (Wildman–Crippen MR) is 79.1 cm³/mol. The van der Waals surface area contributed by atoms with E-state index in [1.807, 2.05) is 30.0 Å². The van der Waals surface area contributed by atoms with Crippen molar-refractivity contribution >= 4 is 11.8 Å². The molecule has 3 N–H and O–H groups in total. The number of phenols is 1. The summed E-state index contributed by atoms with van der Waals surface area (Å²) in [5, 5.41) is 10.2. The third kappa shape index (κ3) is 4.54. The van der Waals surface area contributed by atoms with Crippen LogP contribution in [-0.4, -0.2) is 22.2 Å². The van der Waals surface area contributed by atoms with Gasteiger partial charge in [0.1, 0.15) is 5.75 Å². The lowest BCUT2D eigenvalue weighted by molar-refractivity contribution is 0.474. The Morgan fingerprint density at radius 1 is 1.28 bits per heavy atom. The molecule has 0 aliphatic heterocycles. The number of aromatic hydroxyl groups is 1. The summed E-state index contributed by atoms with van der Waals surface area (Å²) in [6.07, 6.45) is 7.77. The lowest BCUT2D eigenvalue weighted by atomic mass is 10.0. The minimum Gasteiger partial charge on any atom is -0.508 e. The molecule has 18 heavy (non-hydrogen) atoms. The summed E-state index contributed by atoms with van der Waals surface area (Å²) >= 11 is 2.04. The van der Waals surface area contributed by atoms with Crippen molar-refractivity contribution in [2.45, 2.75) is 49.8 Å². The van der Waals surface area contributed by atoms with Gasteiger partial charge in [-0.1, -0.05) is 31.4 Å². The summed E-state index contributed by atoms with van der Waals surface area (Å²) < 4.78 is 0. The van der Waals surface area contributed by atoms with Crippen LogP contribution in [0.25, 0.3) is 0 Å². The molecule has 1 atom stereocenters. The van der Waals surface area contributed by atoms with Gasteiger partial charge in [0.15, 0.2) is 0 Å². The van der Waals surface area contributed by atoms with Crippen molar-refractivity contribution < 1.29 is 5.11 Å². The fraction of sp³-hybridized carbons (Fsp3) is 0.600. The molecule has 3 heteroatoms. The lowest BCUT2D eigenvalue weighted by Gasteiger charge is -2.22. The van der Waals surface area contributed by atoms with Gasteiger partial charge in [-0.2, -0.15) is 11.8 Å². The monoisotopic (exact) mass is 265 g/mol. The Balaban J connectivity index is 1.72. The highest BCUT2D eigenvalue weighted by molar-refractivity contribution is 7.99. The molecule has 2 rings (SSSR count). The van der Waals surface area contributed by atoms with Crippen molar-refractivity contribution in [3.05, 3.63) is 29.8 Å². The van der Waals surface area contributed by atoms with Crippen LogP contribution in [0.2, 0.25) is 0 Å². The second-order valence-corrected chi connectivity index (χ2v) is 6.56. The smallest absolute Gasteiger partial charge is 0.115 e. The van der Waals surface area contributed by atoms with Gasteiger partial charge in [0.25, 0.3) is 0 Å². The van der Waals surface area contributed by atoms with Crippen LogP contribution in [0.1, 0.15) is 37.7 Å². The Morgan fingerprint density at radius 2 is 2.06 bits per heavy atom. The van der Waals surface area contributed by atoms with E-state index in [0.29, 0.717) is 5.75 Å². The molecular weight excluding hydrogens is 242 g/mol. The number of benzene rings is 1. The minimum absolute atomic E-state index is 0.193. The maximum Gasteiger partial charge on any atom is 0.115 e. The van der Waals surface area contributed by atoms with E-state index >= 15 is 0 Å². The Labute approximate surface area is 114 Å². The number of hydrogen-bond acceptors (Lipinski definition) is 3. The quantitative estimate of drug-likeness (QED) is 0.858. The topological polar surface area (TPSA) is 46.2 Å². The second kappa shape index (κ2) is 7.05. The van der Waals surface area contributed by atoms with Gasteiger partial charge < -0.3 is 10.8 Å². The largest absolute Gasteiger partial charge is 0.508 e. The van der Waals surface area contributed by atoms with Crippen molar-refractivity contribution in [2.24, 2.45) is 5.73 Å². The molecular formula is C15H23NOS. The van der Waals surface area contributed by atoms with E-state index in [0.717, 1.165) is 23.0 Å². The molecule has 0 spiro atoms. The van der Waals surface area contributed by atoms with Crippen molar-refractivity contribution in [1.29, 1.82) is 0 Å². The zero-order valence-corrected chi connectivity index (χ0v) is 11.7. The highest BCUT2D eigenvalue weighted by Crippen LogP contribution is 2.28. The third-order valence-corrected chi connectivity index (χ3v) is 5.07. The SMILES string of the molecule is NC(CSC1CCCCC1)Cc1cccc(O)c1. The van der Waals surface area contributed by atoms with Crippen LogP contribution in [0.15, 0.2) is 24.3 Å². The first kappa shape index (κ1) is 13.8. The van der Waals surface area contributed by atoms with E-state index in [9.17, 15) is 5.11 Å². The molecule has 1 aromatic carbocycles. The van der Waals surface area contributed by atoms with Gasteiger partial charge in [-0.15, -0.1) is 0 Å². The highest BCUT2D eigenvalue weighted by Gasteiger charge is 2.15. The molecule has 100 valence electrons. The lowest BCUT2D eigenvalue weighted by Crippen LogP contribution is -2.27. The number of phenolic OH excluding ortho intramolecular Hbond substituents is 1. The van der Waals surface area contributed by atoms with Crippen LogP contribution in [0.5, 0.6) is 5.75 Å². The molecule has 0 heterocycles. The second-order valence-electron chi connectivity index (χ2n) is 5.23. The zero-order chi connectivity index (χ0) is 12.8. The van der Waals surface area contributed by atoms with Gasteiger partial charge >= 0.3 is 0 Å². The van der Waals surface area contributed by atoms with Gasteiger partial charge in [0.2, 0.25) is 0 Å². The molecule has 2 nitrogen and oxygen atoms in total. The number of rotatable bonds is 5. The average Bonchev–Trinajstić information content (AvgIpc) is 2.38. The molecule has 1 aromatic rings. The van der Waals surface area contributed by atoms with E-state index < -0.39 is 0 Å². The summed E-state index contributed by atoms with van der Waals surface area (Å²) in [6.45, 7) is 0. The zero-order valence-electron chi connectivity index (χ0n) is 10.8. The molecule has 1 aliphatic carbocycles. The molecule has 1 unspecified atom stereocenters. The Hall–Kier alpha value is -0.670. The third-order valence-electron chi connectivity index (χ3n) is 3.51. The number of thioether (sulfide) groups is 1. The minimum atomic E-state index is 0.193. The molecule has 0 radical (unpaired) electrons. The van der Waals surface area contributed by atoms with Crippen molar-refractivity contribution in [3.8, 4) is 5.75 Å². The number of nitrogens with two attached hydrogens (primary N) is 1. The van der Waals surface area contributed by atoms with E-state index in [1.165, 1.54) is 32.1 Å². The van der Waals surface area contributed by atoms with Gasteiger partial charge in [-0.05, 0) is 37.0 Å². The summed E-state index contributed by atoms with van der Waals surface area (Å²) in [5.74, 6) is 1.36. The van der Waals surface area contributed by atoms with E-state index in [4.69, 9.17) is 5.73 Å². The summed E-state index contributed by atoms with van der Waals surface area (Å²) in [6, 6.07) is 7.62. The van der Waals surface area contributed by atoms with Gasteiger partial charge in [-0.25, -0.2) is 0 Å². The van der Waals surface area contributed by atoms with Crippen LogP contribution in [0, 0.1) is 0 Å². The van der Waals surface area contributed by atoms with Crippen molar-refractivity contribution in [1.82, 2.24) is 0 Å². The fourth-order valence-corrected chi connectivity index (χ4v) is 3.84. The van der Waals surface area contributed by atoms with E-state index in [1.54, 1.807) is 6.07 Å². The Morgan fingerprint density at radius 3 is 2.78 bits per heavy atom. The van der Waals surface area contributed by atoms with Gasteiger partial charge in [-0.3, -0.25) is 0 Å². The maximum absolute atomic E-state index is 9.41. The highest BCUT2D eigenvalue weighted by atomic mass is 32.2. The summed E-state index contributed by atoms with van der Waals surface area (Å²) in [4.78, 5) is 0. The van der Waals surface area contributed by atoms with Crippen LogP contribution < -0.4 is 5.73 Å². The first-order valence-corrected chi connectivity index (χ1v) is 7.94. The first-order chi connectivity index (χ1) is 8.74. The molecule has 0 saturated heterocycles. The Kier molecular flexibility index (Phi) is 5.39. The molecule has 0 amide bonds. The van der Waals surface area contributed by atoms with Crippen LogP contribution >= 0.6 is 11.8 Å². The van der Waals surface area contributed by atoms with Crippen LogP contribution in [0.3, 0.4) is 0 Å². The fourth-order valence-electron chi connectivity index (χ4n) is 2.54. The van der Waals surface area contributed by atoms with E-state index in [-0.39, 0.29) is 6.04 Å². The predicted octanol–water partition coefficient (Wildman–Crippen LogP) is 3.33. The normalized spacial score (nSPS) is 18.7. The summed E-state index contributed by atoms with van der Waals surface area (Å²) in [7, 11) is 0. The van der Waals surface area contributed by atoms with Crippen molar-refractivity contribution in [2.75, 3.05) is 5.75 Å². The summed E-state index contributed by atoms with van der Waals surface area (Å²) in [5.41, 5.74) is 7.30.